The Morgan fingerprint density at radius 1 is 1.31 bits per heavy atom. The van der Waals surface area contributed by atoms with Crippen LogP contribution in [0.1, 0.15) is 26.7 Å². The van der Waals surface area contributed by atoms with Gasteiger partial charge in [-0.1, -0.05) is 19.1 Å². The molecule has 0 saturated heterocycles. The van der Waals surface area contributed by atoms with Gasteiger partial charge in [0.15, 0.2) is 0 Å². The van der Waals surface area contributed by atoms with Gasteiger partial charge in [0.25, 0.3) is 0 Å². The van der Waals surface area contributed by atoms with Gasteiger partial charge in [-0.3, -0.25) is 14.5 Å². The van der Waals surface area contributed by atoms with Crippen molar-refractivity contribution in [3.05, 3.63) is 24.3 Å². The number of ether oxygens (including phenoxy) is 1. The van der Waals surface area contributed by atoms with Gasteiger partial charge in [0.1, 0.15) is 11.3 Å². The molecule has 1 saturated carbocycles. The van der Waals surface area contributed by atoms with E-state index in [0.29, 0.717) is 18.0 Å². The molecular formula is C19H26N4O3. The first-order valence-corrected chi connectivity index (χ1v) is 8.79. The zero-order chi connectivity index (χ0) is 19.2. The molecule has 7 nitrogen and oxygen atoms in total. The molecule has 26 heavy (non-hydrogen) atoms. The van der Waals surface area contributed by atoms with Crippen molar-refractivity contribution >= 4 is 17.5 Å². The van der Waals surface area contributed by atoms with Crippen molar-refractivity contribution in [3.63, 3.8) is 0 Å². The van der Waals surface area contributed by atoms with Crippen molar-refractivity contribution < 1.29 is 14.3 Å². The molecule has 0 radical (unpaired) electrons. The Balaban J connectivity index is 1.89. The van der Waals surface area contributed by atoms with E-state index in [2.05, 4.69) is 16.7 Å². The molecule has 1 atom stereocenters. The van der Waals surface area contributed by atoms with Gasteiger partial charge >= 0.3 is 0 Å². The Labute approximate surface area is 154 Å². The van der Waals surface area contributed by atoms with Crippen LogP contribution in [0.25, 0.3) is 0 Å². The largest absolute Gasteiger partial charge is 0.495 e. The van der Waals surface area contributed by atoms with E-state index in [1.807, 2.05) is 19.1 Å². The molecule has 2 rings (SSSR count). The van der Waals surface area contributed by atoms with E-state index in [1.165, 1.54) is 0 Å². The van der Waals surface area contributed by atoms with Crippen molar-refractivity contribution in [2.75, 3.05) is 32.1 Å². The fraction of sp³-hybridized carbons (Fsp3) is 0.526. The summed E-state index contributed by atoms with van der Waals surface area (Å²) in [4.78, 5) is 26.3. The fourth-order valence-corrected chi connectivity index (χ4v) is 2.83. The zero-order valence-corrected chi connectivity index (χ0v) is 15.5. The number of rotatable bonds is 9. The van der Waals surface area contributed by atoms with E-state index < -0.39 is 5.54 Å². The van der Waals surface area contributed by atoms with Crippen molar-refractivity contribution in [2.24, 2.45) is 5.92 Å². The molecule has 0 spiro atoms. The van der Waals surface area contributed by atoms with E-state index in [4.69, 9.17) is 4.74 Å². The lowest BCUT2D eigenvalue weighted by atomic mass is 9.98. The van der Waals surface area contributed by atoms with Crippen molar-refractivity contribution in [1.29, 1.82) is 5.26 Å². The lowest BCUT2D eigenvalue weighted by Crippen LogP contribution is -2.50. The Morgan fingerprint density at radius 3 is 2.54 bits per heavy atom. The number of methoxy groups -OCH3 is 1. The van der Waals surface area contributed by atoms with E-state index in [1.54, 1.807) is 31.1 Å². The summed E-state index contributed by atoms with van der Waals surface area (Å²) in [6.45, 7) is 4.33. The maximum absolute atomic E-state index is 12.3. The summed E-state index contributed by atoms with van der Waals surface area (Å²) >= 11 is 0. The number of hydrogen-bond acceptors (Lipinski definition) is 5. The minimum Gasteiger partial charge on any atom is -0.495 e. The number of carbonyl (C=O) groups is 2. The number of benzene rings is 1. The first kappa shape index (κ1) is 19.7. The van der Waals surface area contributed by atoms with Crippen LogP contribution in [0, 0.1) is 17.2 Å². The van der Waals surface area contributed by atoms with Gasteiger partial charge in [0.05, 0.1) is 32.0 Å². The Kier molecular flexibility index (Phi) is 6.58. The summed E-state index contributed by atoms with van der Waals surface area (Å²) < 4.78 is 5.21. The highest BCUT2D eigenvalue weighted by molar-refractivity contribution is 5.94. The number of anilines is 1. The molecule has 0 aliphatic heterocycles. The molecule has 1 aliphatic rings. The van der Waals surface area contributed by atoms with Crippen molar-refractivity contribution in [1.82, 2.24) is 10.2 Å². The smallest absolute Gasteiger partial charge is 0.238 e. The van der Waals surface area contributed by atoms with Gasteiger partial charge in [0, 0.05) is 0 Å². The van der Waals surface area contributed by atoms with E-state index in [9.17, 15) is 14.9 Å². The highest BCUT2D eigenvalue weighted by atomic mass is 16.5. The summed E-state index contributed by atoms with van der Waals surface area (Å²) in [5.74, 6) is 0.332. The molecule has 2 amide bonds. The van der Waals surface area contributed by atoms with Gasteiger partial charge in [-0.05, 0) is 44.4 Å². The van der Waals surface area contributed by atoms with Crippen LogP contribution in [-0.2, 0) is 9.59 Å². The number of amides is 2. The number of hydrogen-bond donors (Lipinski definition) is 2. The zero-order valence-electron chi connectivity index (χ0n) is 15.5. The third-order valence-electron chi connectivity index (χ3n) is 4.59. The van der Waals surface area contributed by atoms with Crippen LogP contribution in [0.5, 0.6) is 5.75 Å². The second-order valence-electron chi connectivity index (χ2n) is 6.69. The molecular weight excluding hydrogens is 332 g/mol. The SMILES string of the molecule is CCN(CC(=O)Nc1ccccc1OC)CC(=O)N[C@@](C)(C#N)C1CC1. The predicted molar refractivity (Wildman–Crippen MR) is 98.6 cm³/mol. The molecule has 0 aromatic heterocycles. The monoisotopic (exact) mass is 358 g/mol. The molecule has 7 heteroatoms. The van der Waals surface area contributed by atoms with Gasteiger partial charge in [-0.2, -0.15) is 5.26 Å². The highest BCUT2D eigenvalue weighted by Gasteiger charge is 2.43. The summed E-state index contributed by atoms with van der Waals surface area (Å²) in [5, 5.41) is 15.0. The van der Waals surface area contributed by atoms with Gasteiger partial charge in [-0.15, -0.1) is 0 Å². The third-order valence-corrected chi connectivity index (χ3v) is 4.59. The highest BCUT2D eigenvalue weighted by Crippen LogP contribution is 2.39. The Hall–Kier alpha value is -2.59. The maximum atomic E-state index is 12.3. The molecule has 0 heterocycles. The summed E-state index contributed by atoms with van der Waals surface area (Å²) in [5.41, 5.74) is -0.234. The topological polar surface area (TPSA) is 94.5 Å². The first-order valence-electron chi connectivity index (χ1n) is 8.79. The second-order valence-corrected chi connectivity index (χ2v) is 6.69. The molecule has 0 unspecified atom stereocenters. The summed E-state index contributed by atoms with van der Waals surface area (Å²) in [6.07, 6.45) is 1.92. The fourth-order valence-electron chi connectivity index (χ4n) is 2.83. The normalized spacial score (nSPS) is 15.7. The average molecular weight is 358 g/mol. The minimum atomic E-state index is -0.823. The number of likely N-dealkylation sites (N-methyl/N-ethyl adjacent to an activating group) is 1. The maximum Gasteiger partial charge on any atom is 0.238 e. The molecule has 1 fully saturated rings. The summed E-state index contributed by atoms with van der Waals surface area (Å²) in [6, 6.07) is 9.36. The quantitative estimate of drug-likeness (QED) is 0.701. The van der Waals surface area contributed by atoms with Crippen LogP contribution in [0.2, 0.25) is 0 Å². The van der Waals surface area contributed by atoms with E-state index in [0.717, 1.165) is 12.8 Å². The molecule has 0 bridgehead atoms. The Morgan fingerprint density at radius 2 is 1.96 bits per heavy atom. The molecule has 1 aliphatic carbocycles. The van der Waals surface area contributed by atoms with Gasteiger partial charge < -0.3 is 15.4 Å². The Bertz CT molecular complexity index is 696. The van der Waals surface area contributed by atoms with Crippen LogP contribution >= 0.6 is 0 Å². The number of para-hydroxylation sites is 2. The van der Waals surface area contributed by atoms with Crippen LogP contribution in [0.4, 0.5) is 5.69 Å². The molecule has 1 aromatic rings. The number of carbonyl (C=O) groups excluding carboxylic acids is 2. The van der Waals surface area contributed by atoms with Crippen LogP contribution in [0.3, 0.4) is 0 Å². The lowest BCUT2D eigenvalue weighted by Gasteiger charge is -2.25. The molecule has 2 N–H and O–H groups in total. The van der Waals surface area contributed by atoms with Crippen LogP contribution < -0.4 is 15.4 Å². The number of nitriles is 1. The van der Waals surface area contributed by atoms with Gasteiger partial charge in [-0.25, -0.2) is 0 Å². The number of nitrogens with one attached hydrogen (secondary N) is 2. The number of nitrogens with zero attached hydrogens (tertiary/aromatic N) is 2. The van der Waals surface area contributed by atoms with Crippen molar-refractivity contribution in [3.8, 4) is 11.8 Å². The second kappa shape index (κ2) is 8.68. The minimum absolute atomic E-state index is 0.0693. The van der Waals surface area contributed by atoms with Crippen LogP contribution in [-0.4, -0.2) is 49.0 Å². The van der Waals surface area contributed by atoms with E-state index >= 15 is 0 Å². The third kappa shape index (κ3) is 5.20. The van der Waals surface area contributed by atoms with E-state index in [-0.39, 0.29) is 30.8 Å². The van der Waals surface area contributed by atoms with Crippen LogP contribution in [0.15, 0.2) is 24.3 Å². The average Bonchev–Trinajstić information content (AvgIpc) is 3.47. The standard InChI is InChI=1S/C19H26N4O3/c1-4-23(12-18(25)22-19(2,13-20)14-9-10-14)11-17(24)21-15-7-5-6-8-16(15)26-3/h5-8,14H,4,9-12H2,1-3H3,(H,21,24)(H,22,25)/t19-/m0/s1. The summed E-state index contributed by atoms with van der Waals surface area (Å²) in [7, 11) is 1.54. The van der Waals surface area contributed by atoms with Crippen molar-refractivity contribution in [2.45, 2.75) is 32.2 Å². The van der Waals surface area contributed by atoms with Gasteiger partial charge in [0.2, 0.25) is 11.8 Å². The lowest BCUT2D eigenvalue weighted by molar-refractivity contribution is -0.124. The first-order chi connectivity index (χ1) is 12.4. The predicted octanol–water partition coefficient (Wildman–Crippen LogP) is 1.76. The molecule has 1 aromatic carbocycles. The molecule has 140 valence electrons.